The van der Waals surface area contributed by atoms with E-state index in [9.17, 15) is 4.79 Å². The Hall–Kier alpha value is -2.76. The normalized spacial score (nSPS) is 19.0. The van der Waals surface area contributed by atoms with Crippen molar-refractivity contribution in [2.45, 2.75) is 58.5 Å². The number of hydrogen-bond acceptors (Lipinski definition) is 4. The van der Waals surface area contributed by atoms with Crippen molar-refractivity contribution in [3.63, 3.8) is 0 Å². The van der Waals surface area contributed by atoms with Gasteiger partial charge in [0.15, 0.2) is 11.5 Å². The third-order valence-corrected chi connectivity index (χ3v) is 5.70. The van der Waals surface area contributed by atoms with Crippen LogP contribution in [0.2, 0.25) is 0 Å². The summed E-state index contributed by atoms with van der Waals surface area (Å²) in [7, 11) is 1.62. The molecule has 0 atom stereocenters. The van der Waals surface area contributed by atoms with Crippen molar-refractivity contribution in [3.05, 3.63) is 48.1 Å². The fourth-order valence-electron chi connectivity index (χ4n) is 3.84. The van der Waals surface area contributed by atoms with Gasteiger partial charge in [0.1, 0.15) is 5.82 Å². The Morgan fingerprint density at radius 1 is 1.27 bits per heavy atom. The smallest absolute Gasteiger partial charge is 0.244 e. The molecule has 6 heteroatoms. The first kappa shape index (κ1) is 21.9. The molecule has 2 aromatic rings. The van der Waals surface area contributed by atoms with E-state index in [2.05, 4.69) is 28.7 Å². The summed E-state index contributed by atoms with van der Waals surface area (Å²) in [6, 6.07) is 5.99. The first-order valence-electron chi connectivity index (χ1n) is 10.9. The number of carbonyl (C=O) groups is 1. The molecule has 1 aliphatic rings. The van der Waals surface area contributed by atoms with Crippen molar-refractivity contribution in [3.8, 4) is 11.5 Å². The topological polar surface area (TPSA) is 65.4 Å². The minimum Gasteiger partial charge on any atom is -0.493 e. The van der Waals surface area contributed by atoms with Crippen LogP contribution >= 0.6 is 0 Å². The van der Waals surface area contributed by atoms with Crippen LogP contribution in [0.3, 0.4) is 0 Å². The molecule has 0 spiro atoms. The van der Waals surface area contributed by atoms with Gasteiger partial charge in [-0.05, 0) is 62.3 Å². The van der Waals surface area contributed by atoms with Crippen LogP contribution in [-0.4, -0.2) is 35.2 Å². The third kappa shape index (κ3) is 6.12. The quantitative estimate of drug-likeness (QED) is 0.627. The van der Waals surface area contributed by atoms with Crippen LogP contribution in [-0.2, 0) is 17.8 Å². The van der Waals surface area contributed by atoms with Gasteiger partial charge in [0, 0.05) is 37.5 Å². The number of aryl methyl sites for hydroxylation is 1. The van der Waals surface area contributed by atoms with Gasteiger partial charge in [-0.2, -0.15) is 0 Å². The van der Waals surface area contributed by atoms with Crippen LogP contribution in [0, 0.1) is 5.92 Å². The van der Waals surface area contributed by atoms with E-state index in [0.29, 0.717) is 24.1 Å². The molecular formula is C24H33N3O3. The van der Waals surface area contributed by atoms with Crippen molar-refractivity contribution in [1.82, 2.24) is 14.9 Å². The Morgan fingerprint density at radius 3 is 2.80 bits per heavy atom. The predicted molar refractivity (Wildman–Crippen MR) is 119 cm³/mol. The second-order valence-corrected chi connectivity index (χ2v) is 7.94. The maximum atomic E-state index is 12.2. The lowest BCUT2D eigenvalue weighted by molar-refractivity contribution is -0.117. The lowest BCUT2D eigenvalue weighted by Crippen LogP contribution is -2.36. The van der Waals surface area contributed by atoms with Crippen LogP contribution < -0.4 is 14.8 Å². The molecule has 1 N–H and O–H groups in total. The molecule has 0 saturated heterocycles. The van der Waals surface area contributed by atoms with Crippen molar-refractivity contribution >= 4 is 12.0 Å². The van der Waals surface area contributed by atoms with Gasteiger partial charge in [-0.15, -0.1) is 0 Å². The van der Waals surface area contributed by atoms with Crippen LogP contribution in [0.25, 0.3) is 6.08 Å². The molecule has 1 amide bonds. The Labute approximate surface area is 179 Å². The van der Waals surface area contributed by atoms with Gasteiger partial charge in [-0.1, -0.05) is 13.0 Å². The van der Waals surface area contributed by atoms with Crippen molar-refractivity contribution in [1.29, 1.82) is 0 Å². The largest absolute Gasteiger partial charge is 0.493 e. The zero-order chi connectivity index (χ0) is 21.3. The molecule has 1 aromatic heterocycles. The first-order chi connectivity index (χ1) is 14.6. The van der Waals surface area contributed by atoms with E-state index in [1.807, 2.05) is 36.7 Å². The average molecular weight is 412 g/mol. The number of nitrogens with zero attached hydrogens (tertiary/aromatic N) is 2. The zero-order valence-electron chi connectivity index (χ0n) is 18.3. The van der Waals surface area contributed by atoms with E-state index < -0.39 is 0 Å². The summed E-state index contributed by atoms with van der Waals surface area (Å²) >= 11 is 0. The summed E-state index contributed by atoms with van der Waals surface area (Å²) in [5.74, 6) is 3.08. The summed E-state index contributed by atoms with van der Waals surface area (Å²) in [6.45, 7) is 5.79. The summed E-state index contributed by atoms with van der Waals surface area (Å²) < 4.78 is 13.5. The molecule has 1 saturated carbocycles. The highest BCUT2D eigenvalue weighted by Gasteiger charge is 2.18. The molecule has 1 aromatic carbocycles. The van der Waals surface area contributed by atoms with E-state index in [4.69, 9.17) is 9.47 Å². The van der Waals surface area contributed by atoms with Crippen LogP contribution in [0.1, 0.15) is 50.9 Å². The maximum absolute atomic E-state index is 12.2. The number of amides is 1. The minimum absolute atomic E-state index is 0.0414. The number of rotatable bonds is 9. The maximum Gasteiger partial charge on any atom is 0.244 e. The SMILES string of the molecule is CCn1ccnc1CCOc1ccc(C=CC(=O)N[C@H]2CC[C@H](C)CC2)cc1OC. The van der Waals surface area contributed by atoms with E-state index >= 15 is 0 Å². The number of hydrogen-bond donors (Lipinski definition) is 1. The molecule has 30 heavy (non-hydrogen) atoms. The summed E-state index contributed by atoms with van der Waals surface area (Å²) in [5, 5.41) is 3.11. The fourth-order valence-corrected chi connectivity index (χ4v) is 3.84. The van der Waals surface area contributed by atoms with Gasteiger partial charge in [0.25, 0.3) is 0 Å². The highest BCUT2D eigenvalue weighted by atomic mass is 16.5. The number of nitrogens with one attached hydrogen (secondary N) is 1. The molecule has 6 nitrogen and oxygen atoms in total. The number of ether oxygens (including phenoxy) is 2. The van der Waals surface area contributed by atoms with E-state index in [-0.39, 0.29) is 5.91 Å². The number of carbonyl (C=O) groups excluding carboxylic acids is 1. The lowest BCUT2D eigenvalue weighted by Gasteiger charge is -2.26. The van der Waals surface area contributed by atoms with E-state index in [1.165, 1.54) is 12.8 Å². The predicted octanol–water partition coefficient (Wildman–Crippen LogP) is 4.24. The molecule has 0 aliphatic heterocycles. The number of benzene rings is 1. The van der Waals surface area contributed by atoms with Gasteiger partial charge >= 0.3 is 0 Å². The third-order valence-electron chi connectivity index (χ3n) is 5.70. The average Bonchev–Trinajstić information content (AvgIpc) is 3.22. The van der Waals surface area contributed by atoms with E-state index in [0.717, 1.165) is 43.1 Å². The standard InChI is InChI=1S/C24H33N3O3/c1-4-27-15-14-25-23(27)13-16-30-21-11-7-19(17-22(21)29-3)8-12-24(28)26-20-9-5-18(2)6-10-20/h7-8,11-12,14-15,17-18,20H,4-6,9-10,13,16H2,1-3H3,(H,26,28)/t18-,20-. The number of aromatic nitrogens is 2. The number of imidazole rings is 1. The van der Waals surface area contributed by atoms with Gasteiger partial charge in [-0.3, -0.25) is 4.79 Å². The van der Waals surface area contributed by atoms with Crippen LogP contribution in [0.15, 0.2) is 36.7 Å². The molecule has 1 aliphatic carbocycles. The van der Waals surface area contributed by atoms with Crippen molar-refractivity contribution in [2.24, 2.45) is 5.92 Å². The highest BCUT2D eigenvalue weighted by Crippen LogP contribution is 2.29. The van der Waals surface area contributed by atoms with Crippen molar-refractivity contribution < 1.29 is 14.3 Å². The van der Waals surface area contributed by atoms with Gasteiger partial charge in [0.05, 0.1) is 13.7 Å². The molecule has 0 unspecified atom stereocenters. The second kappa shape index (κ2) is 10.9. The monoisotopic (exact) mass is 411 g/mol. The molecule has 0 radical (unpaired) electrons. The summed E-state index contributed by atoms with van der Waals surface area (Å²) in [5.41, 5.74) is 0.896. The summed E-state index contributed by atoms with van der Waals surface area (Å²) in [6.07, 6.45) is 12.4. The molecule has 0 bridgehead atoms. The lowest BCUT2D eigenvalue weighted by atomic mass is 9.87. The minimum atomic E-state index is -0.0414. The Balaban J connectivity index is 1.52. The van der Waals surface area contributed by atoms with Crippen LogP contribution in [0.4, 0.5) is 0 Å². The van der Waals surface area contributed by atoms with Crippen LogP contribution in [0.5, 0.6) is 11.5 Å². The fraction of sp³-hybridized carbons (Fsp3) is 0.500. The Morgan fingerprint density at radius 2 is 2.07 bits per heavy atom. The number of methoxy groups -OCH3 is 1. The van der Waals surface area contributed by atoms with Gasteiger partial charge in [0.2, 0.25) is 5.91 Å². The van der Waals surface area contributed by atoms with Gasteiger partial charge in [-0.25, -0.2) is 4.98 Å². The molecule has 3 rings (SSSR count). The van der Waals surface area contributed by atoms with Crippen molar-refractivity contribution in [2.75, 3.05) is 13.7 Å². The molecule has 162 valence electrons. The van der Waals surface area contributed by atoms with Gasteiger partial charge < -0.3 is 19.4 Å². The molecular weight excluding hydrogens is 378 g/mol. The Kier molecular flexibility index (Phi) is 7.94. The molecule has 1 fully saturated rings. The summed E-state index contributed by atoms with van der Waals surface area (Å²) in [4.78, 5) is 16.6. The highest BCUT2D eigenvalue weighted by molar-refractivity contribution is 5.92. The first-order valence-corrected chi connectivity index (χ1v) is 10.9. The van der Waals surface area contributed by atoms with E-state index in [1.54, 1.807) is 13.2 Å². The Bertz CT molecular complexity index is 851. The second-order valence-electron chi connectivity index (χ2n) is 7.94. The zero-order valence-corrected chi connectivity index (χ0v) is 18.3. The molecule has 1 heterocycles.